The molecule has 141 heavy (non-hydrogen) atoms. The van der Waals surface area contributed by atoms with Crippen LogP contribution in [0.4, 0.5) is 0 Å². The van der Waals surface area contributed by atoms with Crippen LogP contribution >= 0.6 is 0 Å². The maximum atomic E-state index is 6.34. The van der Waals surface area contributed by atoms with E-state index in [1.54, 1.807) is 18.6 Å². The van der Waals surface area contributed by atoms with Crippen LogP contribution in [0.15, 0.2) is 367 Å². The monoisotopic (exact) mass is 2370 g/mol. The van der Waals surface area contributed by atoms with Crippen LogP contribution in [0.3, 0.4) is 0 Å². The molecule has 684 valence electrons. The number of benzene rings is 12. The van der Waals surface area contributed by atoms with Crippen molar-refractivity contribution in [1.82, 2.24) is 95.9 Å². The molecule has 0 amide bonds. The number of fused-ring (bicyclic) bond motifs is 12. The summed E-state index contributed by atoms with van der Waals surface area (Å²) in [7, 11) is 12.1. The fourth-order valence-corrected chi connectivity index (χ4v) is 18.7. The van der Waals surface area contributed by atoms with Crippen LogP contribution in [0, 0.1) is 36.4 Å². The number of aryl methyl sites for hydroxylation is 6. The standard InChI is InChI=1S/C39H26N6O.2C38H25N7O.3Pt/c1-43-20-7-10-33(43)26-14-17-34-30(22-26)28-15-13-27(39-42-32-9-3-4-11-37(32)46-39)24-35(28)45(34)36-23-25(31-8-5-6-18-40-31)12-16-29(36)38-41-19-21-44(38)2;1-43-18-16-40-36(43)25-13-14-33-27(21-25)28-22-29(37-41-17-19-44(37)2)30(38-42-32-11-3-4-12-35(32)46-38)23-34(28)45(33)26-9-7-8-24(20-26)31-10-5-6-15-39-31;1-43-18-16-39-36(43)25-12-15-33-30(21-25)29-13-10-26(38-42-32-8-3-4-9-35(32)46-38)22-34(29)45(33)28-7-5-6-24(20-28)31-14-11-27(23-41-31)37-40-17-19-44(37)2;;;/h3-22H,1-2H3;3-19,21-22H,1-2H3;3-19,21,23H,1-2H3;;;/q3*-2;3*+2. The molecule has 0 saturated carbocycles. The molecule has 0 N–H and O–H groups in total. The van der Waals surface area contributed by atoms with Crippen molar-refractivity contribution in [3.8, 4) is 153 Å². The molecule has 0 unspecified atom stereocenters. The van der Waals surface area contributed by atoms with Gasteiger partial charge < -0.3 is 69.3 Å². The Morgan fingerprint density at radius 2 is 0.674 bits per heavy atom. The second-order valence-electron chi connectivity index (χ2n) is 34.0. The zero-order valence-corrected chi connectivity index (χ0v) is 82.9. The quantitative estimate of drug-likeness (QED) is 0.0870. The van der Waals surface area contributed by atoms with Gasteiger partial charge in [-0.05, 0) is 169 Å². The van der Waals surface area contributed by atoms with E-state index < -0.39 is 0 Å². The zero-order chi connectivity index (χ0) is 92.3. The molecule has 0 atom stereocenters. The Bertz CT molecular complexity index is 9330. The third kappa shape index (κ3) is 16.0. The molecule has 0 radical (unpaired) electrons. The Labute approximate surface area is 849 Å². The van der Waals surface area contributed by atoms with Gasteiger partial charge in [-0.2, -0.15) is 0 Å². The molecule has 26 heteroatoms. The maximum absolute atomic E-state index is 6.34. The van der Waals surface area contributed by atoms with E-state index >= 15 is 0 Å². The number of para-hydroxylation sites is 6. The zero-order valence-electron chi connectivity index (χ0n) is 76.1. The van der Waals surface area contributed by atoms with Crippen LogP contribution in [0.2, 0.25) is 0 Å². The molecule has 0 spiro atoms. The first-order chi connectivity index (χ1) is 67.8. The molecule has 27 aromatic rings. The largest absolute Gasteiger partial charge is 2.00 e. The molecular formula is C115H76N20O3Pt3. The van der Waals surface area contributed by atoms with Crippen molar-refractivity contribution in [2.75, 3.05) is 0 Å². The van der Waals surface area contributed by atoms with E-state index in [9.17, 15) is 0 Å². The second kappa shape index (κ2) is 37.0. The SMILES string of the molecule is Cn1cccc1-c1ccc2c(c1)c1ccc(-c3nc4ccccc4o3)[c-]c1n2-c1[c-]c(-c2ccccn2)ccc1-c1nccn1C.Cn1ccnc1-c1ccc(-c2[c-]c(-n3c4[c-]c(-c5nc6ccccc6o5)ccc4c4cc(-c5nccn5C)ccc43)ccc2)nc1.Cn1ccnc1-c1ccc2c(c1)c1cc(-c3nccn3C)c(-c3nc4ccccc4o3)[c-]c1n2-c1[c-]c(-c2ccccn2)ccc1.[Pt+2].[Pt+2].[Pt+2]. The predicted octanol–water partition coefficient (Wildman–Crippen LogP) is 24.8. The van der Waals surface area contributed by atoms with Crippen molar-refractivity contribution < 1.29 is 76.4 Å². The summed E-state index contributed by atoms with van der Waals surface area (Å²) in [4.78, 5) is 51.6. The predicted molar refractivity (Wildman–Crippen MR) is 539 cm³/mol. The van der Waals surface area contributed by atoms with E-state index in [0.29, 0.717) is 23.3 Å². The van der Waals surface area contributed by atoms with Crippen LogP contribution in [-0.2, 0) is 105 Å². The Kier molecular flexibility index (Phi) is 23.5. The summed E-state index contributed by atoms with van der Waals surface area (Å²) in [6.07, 6.45) is 26.3. The molecule has 15 aromatic heterocycles. The Hall–Kier alpha value is -16.7. The fraction of sp³-hybridized carbons (Fsp3) is 0.0522. The minimum Gasteiger partial charge on any atom is -0.481 e. The Balaban J connectivity index is 0.000000120. The number of imidazole rings is 5. The summed E-state index contributed by atoms with van der Waals surface area (Å²) < 4.78 is 37.5. The van der Waals surface area contributed by atoms with Gasteiger partial charge in [0.15, 0.2) is 0 Å². The molecule has 0 aliphatic carbocycles. The van der Waals surface area contributed by atoms with Gasteiger partial charge >= 0.3 is 63.2 Å². The van der Waals surface area contributed by atoms with Gasteiger partial charge in [-0.1, -0.05) is 135 Å². The number of hydrogen-bond donors (Lipinski definition) is 0. The van der Waals surface area contributed by atoms with E-state index in [1.165, 1.54) is 0 Å². The van der Waals surface area contributed by atoms with Crippen molar-refractivity contribution in [3.63, 3.8) is 0 Å². The van der Waals surface area contributed by atoms with Gasteiger partial charge in [0, 0.05) is 168 Å². The smallest absolute Gasteiger partial charge is 0.481 e. The maximum Gasteiger partial charge on any atom is 2.00 e. The van der Waals surface area contributed by atoms with E-state index in [4.69, 9.17) is 43.2 Å². The molecule has 15 heterocycles. The summed E-state index contributed by atoms with van der Waals surface area (Å²) in [5.41, 5.74) is 27.6. The van der Waals surface area contributed by atoms with Crippen LogP contribution in [0.5, 0.6) is 0 Å². The third-order valence-corrected chi connectivity index (χ3v) is 25.4. The van der Waals surface area contributed by atoms with Crippen molar-refractivity contribution in [2.45, 2.75) is 0 Å². The number of hydrogen-bond acceptors (Lipinski definition) is 14. The van der Waals surface area contributed by atoms with Crippen LogP contribution in [0.1, 0.15) is 0 Å². The molecule has 0 saturated heterocycles. The number of nitrogens with zero attached hydrogens (tertiary/aromatic N) is 20. The Morgan fingerprint density at radius 3 is 1.15 bits per heavy atom. The van der Waals surface area contributed by atoms with Crippen LogP contribution < -0.4 is 0 Å². The molecule has 0 fully saturated rings. The second-order valence-corrected chi connectivity index (χ2v) is 34.0. The van der Waals surface area contributed by atoms with E-state index in [1.807, 2.05) is 278 Å². The first kappa shape index (κ1) is 89.5. The van der Waals surface area contributed by atoms with Gasteiger partial charge in [0.1, 0.15) is 51.9 Å². The first-order valence-corrected chi connectivity index (χ1v) is 44.9. The van der Waals surface area contributed by atoms with Crippen molar-refractivity contribution >= 4 is 98.7 Å². The van der Waals surface area contributed by atoms with Gasteiger partial charge in [-0.15, -0.1) is 132 Å². The summed E-state index contributed by atoms with van der Waals surface area (Å²) >= 11 is 0. The Morgan fingerprint density at radius 1 is 0.255 bits per heavy atom. The summed E-state index contributed by atoms with van der Waals surface area (Å²) in [6, 6.07) is 112. The minimum atomic E-state index is 0. The molecular weight excluding hydrogens is 2290 g/mol. The van der Waals surface area contributed by atoms with Gasteiger partial charge in [0.05, 0.1) is 28.2 Å². The topological polar surface area (TPSA) is 226 Å². The van der Waals surface area contributed by atoms with Gasteiger partial charge in [0.25, 0.3) is 0 Å². The fourth-order valence-electron chi connectivity index (χ4n) is 18.7. The summed E-state index contributed by atoms with van der Waals surface area (Å²) in [5.74, 6) is 5.84. The van der Waals surface area contributed by atoms with Crippen molar-refractivity contribution in [2.24, 2.45) is 42.3 Å². The molecule has 27 rings (SSSR count). The van der Waals surface area contributed by atoms with Crippen molar-refractivity contribution in [1.29, 1.82) is 0 Å². The molecule has 23 nitrogen and oxygen atoms in total. The van der Waals surface area contributed by atoms with Gasteiger partial charge in [-0.3, -0.25) is 15.0 Å². The molecule has 0 aliphatic heterocycles. The molecule has 0 aliphatic rings. The van der Waals surface area contributed by atoms with Crippen LogP contribution in [0.25, 0.3) is 252 Å². The summed E-state index contributed by atoms with van der Waals surface area (Å²) in [6.45, 7) is 0. The van der Waals surface area contributed by atoms with E-state index in [-0.39, 0.29) is 63.2 Å². The number of aromatic nitrogens is 20. The number of rotatable bonds is 15. The van der Waals surface area contributed by atoms with Crippen molar-refractivity contribution in [3.05, 3.63) is 390 Å². The van der Waals surface area contributed by atoms with Crippen LogP contribution in [-0.4, -0.2) is 95.9 Å². The third-order valence-electron chi connectivity index (χ3n) is 25.4. The first-order valence-electron chi connectivity index (χ1n) is 44.9. The average Bonchev–Trinajstić information content (AvgIpc) is 1.57. The number of pyridine rings is 3. The molecule has 0 bridgehead atoms. The normalized spacial score (nSPS) is 11.4. The van der Waals surface area contributed by atoms with E-state index in [2.05, 4.69) is 202 Å². The molecule has 12 aromatic carbocycles. The number of oxazole rings is 3. The van der Waals surface area contributed by atoms with E-state index in [0.717, 1.165) is 229 Å². The van der Waals surface area contributed by atoms with Gasteiger partial charge in [0.2, 0.25) is 0 Å². The summed E-state index contributed by atoms with van der Waals surface area (Å²) in [5, 5.41) is 6.39. The minimum absolute atomic E-state index is 0. The average molecular weight is 2370 g/mol. The van der Waals surface area contributed by atoms with Gasteiger partial charge in [-0.25, -0.2) is 24.9 Å².